The van der Waals surface area contributed by atoms with Crippen molar-refractivity contribution in [2.75, 3.05) is 20.8 Å². The molecule has 0 fully saturated rings. The van der Waals surface area contributed by atoms with Gasteiger partial charge in [-0.3, -0.25) is 0 Å². The van der Waals surface area contributed by atoms with Crippen LogP contribution in [0.15, 0.2) is 35.6 Å². The van der Waals surface area contributed by atoms with Crippen LogP contribution in [0, 0.1) is 23.7 Å². The Balaban J connectivity index is 2.21. The maximum atomic E-state index is 11.7. The number of hydrogen-bond acceptors (Lipinski definition) is 6. The van der Waals surface area contributed by atoms with Crippen molar-refractivity contribution in [1.29, 1.82) is 0 Å². The number of aliphatic hydroxyl groups is 1. The summed E-state index contributed by atoms with van der Waals surface area (Å²) >= 11 is 0. The Bertz CT molecular complexity index is 675. The average Bonchev–Trinajstić information content (AvgIpc) is 3.07. The van der Waals surface area contributed by atoms with Crippen LogP contribution in [0.1, 0.15) is 47.5 Å². The number of methoxy groups -OCH3 is 2. The second-order valence-electron chi connectivity index (χ2n) is 8.78. The SMILES string of the molecule is CCOC(=O)/C=C1/C=C[C@](C)([C@H](O)C[C@H]2C(C)=CC[C@H](C(C)C)[C@H]2C(OC)OC)O1. The largest absolute Gasteiger partial charge is 0.481 e. The van der Waals surface area contributed by atoms with Gasteiger partial charge in [0.15, 0.2) is 11.9 Å². The molecule has 0 saturated carbocycles. The van der Waals surface area contributed by atoms with Crippen LogP contribution in [-0.4, -0.2) is 49.9 Å². The van der Waals surface area contributed by atoms with Crippen LogP contribution in [0.25, 0.3) is 0 Å². The van der Waals surface area contributed by atoms with Crippen molar-refractivity contribution < 1.29 is 28.8 Å². The Morgan fingerprint density at radius 2 is 2.03 bits per heavy atom. The van der Waals surface area contributed by atoms with Crippen molar-refractivity contribution in [3.63, 3.8) is 0 Å². The van der Waals surface area contributed by atoms with E-state index in [-0.39, 0.29) is 18.1 Å². The molecule has 1 aliphatic heterocycles. The first-order valence-corrected chi connectivity index (χ1v) is 10.8. The van der Waals surface area contributed by atoms with E-state index >= 15 is 0 Å². The van der Waals surface area contributed by atoms with Gasteiger partial charge in [-0.15, -0.1) is 0 Å². The molecule has 6 heteroatoms. The first kappa shape index (κ1) is 24.6. The molecule has 0 spiro atoms. The Morgan fingerprint density at radius 3 is 2.60 bits per heavy atom. The van der Waals surface area contributed by atoms with Crippen LogP contribution in [0.4, 0.5) is 0 Å². The van der Waals surface area contributed by atoms with Gasteiger partial charge in [-0.2, -0.15) is 0 Å². The first-order valence-electron chi connectivity index (χ1n) is 10.8. The van der Waals surface area contributed by atoms with Crippen molar-refractivity contribution in [1.82, 2.24) is 0 Å². The second-order valence-corrected chi connectivity index (χ2v) is 8.78. The lowest BCUT2D eigenvalue weighted by Gasteiger charge is -2.44. The van der Waals surface area contributed by atoms with Gasteiger partial charge < -0.3 is 24.1 Å². The molecular formula is C24H38O6. The molecular weight excluding hydrogens is 384 g/mol. The lowest BCUT2D eigenvalue weighted by atomic mass is 9.65. The summed E-state index contributed by atoms with van der Waals surface area (Å²) in [5.74, 6) is 1.02. The topological polar surface area (TPSA) is 74.2 Å². The molecule has 0 saturated heterocycles. The molecule has 0 aromatic carbocycles. The van der Waals surface area contributed by atoms with Crippen LogP contribution >= 0.6 is 0 Å². The minimum Gasteiger partial charge on any atom is -0.481 e. The summed E-state index contributed by atoms with van der Waals surface area (Å²) in [6, 6.07) is 0. The van der Waals surface area contributed by atoms with E-state index in [1.165, 1.54) is 11.6 Å². The normalized spacial score (nSPS) is 31.2. The zero-order valence-corrected chi connectivity index (χ0v) is 19.4. The molecule has 1 heterocycles. The average molecular weight is 423 g/mol. The molecule has 1 N–H and O–H groups in total. The van der Waals surface area contributed by atoms with Crippen molar-refractivity contribution >= 4 is 5.97 Å². The molecule has 6 nitrogen and oxygen atoms in total. The summed E-state index contributed by atoms with van der Waals surface area (Å²) in [5, 5.41) is 11.2. The third-order valence-corrected chi connectivity index (χ3v) is 6.49. The lowest BCUT2D eigenvalue weighted by molar-refractivity contribution is -0.170. The molecule has 2 aliphatic rings. The first-order chi connectivity index (χ1) is 14.2. The second kappa shape index (κ2) is 10.6. The molecule has 0 amide bonds. The number of ether oxygens (including phenoxy) is 4. The van der Waals surface area contributed by atoms with E-state index in [9.17, 15) is 9.90 Å². The summed E-state index contributed by atoms with van der Waals surface area (Å²) in [6.45, 7) is 10.4. The Kier molecular flexibility index (Phi) is 8.71. The number of carbonyl (C=O) groups is 1. The highest BCUT2D eigenvalue weighted by atomic mass is 16.7. The summed E-state index contributed by atoms with van der Waals surface area (Å²) in [7, 11) is 3.34. The van der Waals surface area contributed by atoms with Gasteiger partial charge in [0.2, 0.25) is 0 Å². The lowest BCUT2D eigenvalue weighted by Crippen LogP contribution is -2.45. The van der Waals surface area contributed by atoms with Crippen molar-refractivity contribution in [3.8, 4) is 0 Å². The van der Waals surface area contributed by atoms with E-state index in [0.29, 0.717) is 30.6 Å². The number of allylic oxidation sites excluding steroid dienone is 3. The molecule has 0 radical (unpaired) electrons. The molecule has 0 aromatic heterocycles. The van der Waals surface area contributed by atoms with E-state index < -0.39 is 17.7 Å². The fourth-order valence-corrected chi connectivity index (χ4v) is 4.69. The van der Waals surface area contributed by atoms with E-state index in [0.717, 1.165) is 6.42 Å². The molecule has 30 heavy (non-hydrogen) atoms. The quantitative estimate of drug-likeness (QED) is 0.262. The third kappa shape index (κ3) is 5.54. The molecule has 0 bridgehead atoms. The Labute approximate surface area is 180 Å². The maximum absolute atomic E-state index is 11.7. The maximum Gasteiger partial charge on any atom is 0.334 e. The van der Waals surface area contributed by atoms with Crippen LogP contribution in [0.3, 0.4) is 0 Å². The zero-order chi connectivity index (χ0) is 22.5. The van der Waals surface area contributed by atoms with Gasteiger partial charge in [0.25, 0.3) is 0 Å². The molecule has 2 rings (SSSR count). The number of hydrogen-bond donors (Lipinski definition) is 1. The smallest absolute Gasteiger partial charge is 0.334 e. The van der Waals surface area contributed by atoms with Gasteiger partial charge >= 0.3 is 5.97 Å². The van der Waals surface area contributed by atoms with Gasteiger partial charge in [0.1, 0.15) is 5.76 Å². The summed E-state index contributed by atoms with van der Waals surface area (Å²) < 4.78 is 22.2. The highest BCUT2D eigenvalue weighted by Crippen LogP contribution is 2.45. The van der Waals surface area contributed by atoms with Crippen molar-refractivity contribution in [3.05, 3.63) is 35.6 Å². The minimum absolute atomic E-state index is 0.0953. The van der Waals surface area contributed by atoms with Crippen LogP contribution in [0.5, 0.6) is 0 Å². The Hall–Kier alpha value is -1.63. The van der Waals surface area contributed by atoms with Gasteiger partial charge in [0.05, 0.1) is 18.8 Å². The van der Waals surface area contributed by atoms with Crippen LogP contribution in [-0.2, 0) is 23.7 Å². The zero-order valence-electron chi connectivity index (χ0n) is 19.4. The Morgan fingerprint density at radius 1 is 1.37 bits per heavy atom. The molecule has 0 aromatic rings. The van der Waals surface area contributed by atoms with Gasteiger partial charge in [-0.1, -0.05) is 25.5 Å². The van der Waals surface area contributed by atoms with Crippen LogP contribution in [0.2, 0.25) is 0 Å². The van der Waals surface area contributed by atoms with Gasteiger partial charge in [0, 0.05) is 20.1 Å². The van der Waals surface area contributed by atoms with Gasteiger partial charge in [-0.25, -0.2) is 4.79 Å². The molecule has 0 unspecified atom stereocenters. The van der Waals surface area contributed by atoms with E-state index in [1.54, 1.807) is 27.2 Å². The molecule has 1 aliphatic carbocycles. The summed E-state index contributed by atoms with van der Waals surface area (Å²) in [5.41, 5.74) is 0.326. The number of rotatable bonds is 9. The highest BCUT2D eigenvalue weighted by molar-refractivity contribution is 5.83. The number of carbonyl (C=O) groups excluding carboxylic acids is 1. The molecule has 170 valence electrons. The predicted molar refractivity (Wildman–Crippen MR) is 115 cm³/mol. The fourth-order valence-electron chi connectivity index (χ4n) is 4.69. The fraction of sp³-hybridized carbons (Fsp3) is 0.708. The predicted octanol–water partition coefficient (Wildman–Crippen LogP) is 4.00. The van der Waals surface area contributed by atoms with Crippen LogP contribution < -0.4 is 0 Å². The number of esters is 1. The number of aliphatic hydroxyl groups excluding tert-OH is 1. The third-order valence-electron chi connectivity index (χ3n) is 6.49. The molecule has 5 atom stereocenters. The minimum atomic E-state index is -0.913. The van der Waals surface area contributed by atoms with Crippen molar-refractivity contribution in [2.45, 2.75) is 65.5 Å². The van der Waals surface area contributed by atoms with Gasteiger partial charge in [-0.05, 0) is 63.5 Å². The summed E-state index contributed by atoms with van der Waals surface area (Å²) in [4.78, 5) is 11.7. The van der Waals surface area contributed by atoms with E-state index in [1.807, 2.05) is 13.0 Å². The van der Waals surface area contributed by atoms with Crippen molar-refractivity contribution in [2.24, 2.45) is 23.7 Å². The van der Waals surface area contributed by atoms with E-state index in [2.05, 4.69) is 26.8 Å². The van der Waals surface area contributed by atoms with E-state index in [4.69, 9.17) is 18.9 Å². The standard InChI is InChI=1S/C24H38O6/c1-8-29-21(26)13-17-11-12-24(5,30-17)20(25)14-19-16(4)9-10-18(15(2)3)22(19)23(27-6)28-7/h9,11-13,15,18-20,22-23,25H,8,10,14H2,1-7H3/b17-13-/t18-,19+,20-,22-,24-/m1/s1. The summed E-state index contributed by atoms with van der Waals surface area (Å²) in [6.07, 6.45) is 7.49. The highest BCUT2D eigenvalue weighted by Gasteiger charge is 2.45. The monoisotopic (exact) mass is 422 g/mol.